The number of tetrazole rings is 1. The summed E-state index contributed by atoms with van der Waals surface area (Å²) in [5, 5.41) is 14.4. The second-order valence-corrected chi connectivity index (χ2v) is 11.9. The summed E-state index contributed by atoms with van der Waals surface area (Å²) in [7, 11) is 0. The molecule has 232 valence electrons. The van der Waals surface area contributed by atoms with Crippen molar-refractivity contribution >= 4 is 5.97 Å². The molecule has 1 aliphatic rings. The molecule has 9 nitrogen and oxygen atoms in total. The first-order chi connectivity index (χ1) is 22.0. The normalized spacial score (nSPS) is 16.7. The molecule has 0 radical (unpaired) electrons. The fourth-order valence-electron chi connectivity index (χ4n) is 6.78. The number of carbonyl (C=O) groups is 1. The Labute approximate surface area is 263 Å². The maximum atomic E-state index is 14.2. The Balaban J connectivity index is 1.32. The minimum atomic E-state index is -0.300. The Bertz CT molecular complexity index is 1810. The Morgan fingerprint density at radius 1 is 1.00 bits per heavy atom. The van der Waals surface area contributed by atoms with Gasteiger partial charge in [-0.25, -0.2) is 14.6 Å². The molecular weight excluding hydrogens is 564 g/mol. The number of hydrogen-bond acceptors (Lipinski definition) is 6. The minimum Gasteiger partial charge on any atom is -0.462 e. The van der Waals surface area contributed by atoms with Crippen LogP contribution in [-0.4, -0.2) is 42.6 Å². The molecule has 3 atom stereocenters. The number of fused-ring (bicyclic) bond motifs is 1. The van der Waals surface area contributed by atoms with Gasteiger partial charge < -0.3 is 4.74 Å². The van der Waals surface area contributed by atoms with Gasteiger partial charge in [0.15, 0.2) is 5.82 Å². The SMILES string of the molecule is CCCCC(c1ccccc1C(=O)OCC)C1CCC(C)n2cc(Cc3ccc(-c4ccccc4-c4nnn[nH]4)cc3)c(=O)n21. The van der Waals surface area contributed by atoms with Crippen LogP contribution in [0.15, 0.2) is 83.8 Å². The fraction of sp³-hybridized carbons (Fsp3) is 0.361. The Morgan fingerprint density at radius 3 is 2.49 bits per heavy atom. The summed E-state index contributed by atoms with van der Waals surface area (Å²) in [6, 6.07) is 24.3. The summed E-state index contributed by atoms with van der Waals surface area (Å²) in [5.41, 5.74) is 6.48. The number of nitrogens with one attached hydrogen (secondary N) is 1. The summed E-state index contributed by atoms with van der Waals surface area (Å²) in [6.07, 6.45) is 7.39. The third kappa shape index (κ3) is 6.12. The van der Waals surface area contributed by atoms with Gasteiger partial charge in [0.2, 0.25) is 0 Å². The van der Waals surface area contributed by atoms with E-state index in [9.17, 15) is 9.59 Å². The molecule has 6 rings (SSSR count). The predicted molar refractivity (Wildman–Crippen MR) is 174 cm³/mol. The van der Waals surface area contributed by atoms with E-state index in [1.807, 2.05) is 60.3 Å². The van der Waals surface area contributed by atoms with Crippen LogP contribution in [0.3, 0.4) is 0 Å². The molecule has 1 aliphatic heterocycles. The highest BCUT2D eigenvalue weighted by molar-refractivity contribution is 5.91. The molecule has 0 aliphatic carbocycles. The number of aromatic amines is 1. The maximum absolute atomic E-state index is 14.2. The van der Waals surface area contributed by atoms with Gasteiger partial charge in [0.25, 0.3) is 5.56 Å². The highest BCUT2D eigenvalue weighted by Crippen LogP contribution is 2.42. The van der Waals surface area contributed by atoms with Crippen LogP contribution < -0.4 is 5.56 Å². The lowest BCUT2D eigenvalue weighted by Gasteiger charge is -2.37. The second kappa shape index (κ2) is 13.5. The molecule has 3 heterocycles. The third-order valence-electron chi connectivity index (χ3n) is 9.04. The lowest BCUT2D eigenvalue weighted by atomic mass is 9.81. The van der Waals surface area contributed by atoms with Gasteiger partial charge in [-0.1, -0.05) is 86.5 Å². The minimum absolute atomic E-state index is 0.0242. The number of carbonyl (C=O) groups excluding carboxylic acids is 1. The zero-order chi connectivity index (χ0) is 31.3. The molecule has 0 amide bonds. The van der Waals surface area contributed by atoms with Crippen LogP contribution in [-0.2, 0) is 11.2 Å². The van der Waals surface area contributed by atoms with Crippen molar-refractivity contribution in [2.24, 2.45) is 0 Å². The van der Waals surface area contributed by atoms with Crippen LogP contribution in [0, 0.1) is 0 Å². The lowest BCUT2D eigenvalue weighted by Crippen LogP contribution is -2.37. The molecule has 2 aromatic heterocycles. The topological polar surface area (TPSA) is 108 Å². The van der Waals surface area contributed by atoms with Crippen molar-refractivity contribution in [1.29, 1.82) is 0 Å². The summed E-state index contributed by atoms with van der Waals surface area (Å²) >= 11 is 0. The number of nitrogens with zero attached hydrogens (tertiary/aromatic N) is 5. The summed E-state index contributed by atoms with van der Waals surface area (Å²) in [6.45, 7) is 6.51. The van der Waals surface area contributed by atoms with E-state index >= 15 is 0 Å². The standard InChI is InChI=1S/C36H40N6O3/c1-4-6-11-30(29-13-8-10-15-32(29)36(44)45-5-2)33-21-16-24(3)41-23-27(35(43)42(33)41)22-25-17-19-26(20-18-25)28-12-7-9-14-31(28)34-37-39-40-38-34/h7-10,12-15,17-20,23-24,30,33H,4-6,11,16,21-22H2,1-3H3,(H,37,38,39,40). The number of benzene rings is 3. The molecule has 0 saturated carbocycles. The van der Waals surface area contributed by atoms with Gasteiger partial charge in [-0.2, -0.15) is 0 Å². The first-order valence-electron chi connectivity index (χ1n) is 16.0. The molecule has 0 fully saturated rings. The zero-order valence-corrected chi connectivity index (χ0v) is 26.1. The molecule has 0 saturated heterocycles. The highest BCUT2D eigenvalue weighted by atomic mass is 16.5. The van der Waals surface area contributed by atoms with E-state index in [4.69, 9.17) is 4.74 Å². The molecule has 3 unspecified atom stereocenters. The van der Waals surface area contributed by atoms with Crippen molar-refractivity contribution in [2.75, 3.05) is 6.61 Å². The predicted octanol–water partition coefficient (Wildman–Crippen LogP) is 7.13. The van der Waals surface area contributed by atoms with E-state index in [-0.39, 0.29) is 29.5 Å². The number of unbranched alkanes of at least 4 members (excludes halogenated alkanes) is 1. The number of H-pyrrole nitrogens is 1. The molecule has 1 N–H and O–H groups in total. The van der Waals surface area contributed by atoms with Crippen molar-refractivity contribution in [1.82, 2.24) is 30.0 Å². The van der Waals surface area contributed by atoms with Crippen molar-refractivity contribution in [3.05, 3.63) is 112 Å². The summed E-state index contributed by atoms with van der Waals surface area (Å²) in [4.78, 5) is 27.2. The van der Waals surface area contributed by atoms with E-state index in [0.29, 0.717) is 24.4 Å². The van der Waals surface area contributed by atoms with Crippen molar-refractivity contribution in [3.63, 3.8) is 0 Å². The average Bonchev–Trinajstić information content (AvgIpc) is 3.72. The highest BCUT2D eigenvalue weighted by Gasteiger charge is 2.35. The monoisotopic (exact) mass is 604 g/mol. The average molecular weight is 605 g/mol. The van der Waals surface area contributed by atoms with Gasteiger partial charge >= 0.3 is 5.97 Å². The van der Waals surface area contributed by atoms with Gasteiger partial charge in [-0.15, -0.1) is 5.10 Å². The summed E-state index contributed by atoms with van der Waals surface area (Å²) in [5.74, 6) is 0.342. The van der Waals surface area contributed by atoms with Gasteiger partial charge in [0.1, 0.15) is 0 Å². The van der Waals surface area contributed by atoms with E-state index < -0.39 is 0 Å². The molecule has 0 spiro atoms. The number of esters is 1. The van der Waals surface area contributed by atoms with E-state index in [2.05, 4.69) is 69.5 Å². The first kappa shape index (κ1) is 30.2. The summed E-state index contributed by atoms with van der Waals surface area (Å²) < 4.78 is 9.56. The zero-order valence-electron chi connectivity index (χ0n) is 26.1. The molecule has 0 bridgehead atoms. The molecule has 3 aromatic carbocycles. The molecular formula is C36H40N6O3. The Kier molecular flexibility index (Phi) is 9.05. The molecule has 45 heavy (non-hydrogen) atoms. The maximum Gasteiger partial charge on any atom is 0.338 e. The third-order valence-corrected chi connectivity index (χ3v) is 9.04. The van der Waals surface area contributed by atoms with Gasteiger partial charge in [-0.05, 0) is 71.9 Å². The smallest absolute Gasteiger partial charge is 0.338 e. The lowest BCUT2D eigenvalue weighted by molar-refractivity contribution is 0.0523. The van der Waals surface area contributed by atoms with E-state index in [1.165, 1.54) is 0 Å². The van der Waals surface area contributed by atoms with Gasteiger partial charge in [0, 0.05) is 35.7 Å². The van der Waals surface area contributed by atoms with Crippen LogP contribution in [0.4, 0.5) is 0 Å². The van der Waals surface area contributed by atoms with Crippen LogP contribution in [0.2, 0.25) is 0 Å². The van der Waals surface area contributed by atoms with Gasteiger partial charge in [0.05, 0.1) is 18.2 Å². The van der Waals surface area contributed by atoms with Crippen LogP contribution >= 0.6 is 0 Å². The van der Waals surface area contributed by atoms with Crippen LogP contribution in [0.1, 0.15) is 97.9 Å². The molecule has 5 aromatic rings. The van der Waals surface area contributed by atoms with E-state index in [1.54, 1.807) is 0 Å². The molecule has 9 heteroatoms. The Hall–Kier alpha value is -4.79. The van der Waals surface area contributed by atoms with Crippen molar-refractivity contribution in [2.45, 2.75) is 77.3 Å². The second-order valence-electron chi connectivity index (χ2n) is 11.9. The van der Waals surface area contributed by atoms with Crippen LogP contribution in [0.5, 0.6) is 0 Å². The van der Waals surface area contributed by atoms with Gasteiger partial charge in [-0.3, -0.25) is 9.48 Å². The largest absolute Gasteiger partial charge is 0.462 e. The first-order valence-corrected chi connectivity index (χ1v) is 16.0. The number of rotatable bonds is 11. The van der Waals surface area contributed by atoms with Crippen molar-refractivity contribution in [3.8, 4) is 22.5 Å². The number of ether oxygens (including phenoxy) is 1. The van der Waals surface area contributed by atoms with E-state index in [0.717, 1.165) is 65.5 Å². The Morgan fingerprint density at radius 2 is 1.76 bits per heavy atom. The quantitative estimate of drug-likeness (QED) is 0.161. The number of hydrogen-bond donors (Lipinski definition) is 1. The fourth-order valence-corrected chi connectivity index (χ4v) is 6.78. The van der Waals surface area contributed by atoms with Crippen molar-refractivity contribution < 1.29 is 9.53 Å². The van der Waals surface area contributed by atoms with Crippen LogP contribution in [0.25, 0.3) is 22.5 Å². The number of aromatic nitrogens is 6.